The molecule has 4 rings (SSSR count). The Hall–Kier alpha value is -2.87. The molecule has 1 N–H and O–H groups in total. The Morgan fingerprint density at radius 1 is 0.833 bits per heavy atom. The van der Waals surface area contributed by atoms with Gasteiger partial charge >= 0.3 is 51.4 Å². The molecule has 0 aliphatic carbocycles. The molecule has 0 aliphatic heterocycles. The molecule has 0 saturated heterocycles. The molecule has 10 nitrogen and oxygen atoms in total. The number of hydrogen-bond donors (Lipinski definition) is 1. The average Bonchev–Trinajstić information content (AvgIpc) is 2.89. The second-order valence-electron chi connectivity index (χ2n) is 6.92. The van der Waals surface area contributed by atoms with Crippen molar-refractivity contribution in [1.29, 1.82) is 0 Å². The van der Waals surface area contributed by atoms with Crippen LogP contribution in [0.3, 0.4) is 0 Å². The van der Waals surface area contributed by atoms with E-state index in [9.17, 15) is 8.42 Å². The molecule has 0 saturated carbocycles. The number of ether oxygens (including phenoxy) is 3. The van der Waals surface area contributed by atoms with E-state index in [-0.39, 0.29) is 81.9 Å². The van der Waals surface area contributed by atoms with Crippen LogP contribution in [-0.4, -0.2) is 42.6 Å². The van der Waals surface area contributed by atoms with E-state index in [1.807, 2.05) is 6.07 Å². The number of aromatic nitrogens is 4. The van der Waals surface area contributed by atoms with Crippen LogP contribution in [0.15, 0.2) is 78.5 Å². The largest absolute Gasteiger partial charge is 1.00 e. The minimum Gasteiger partial charge on any atom is -1.00 e. The first kappa shape index (κ1) is 27.7. The molecule has 0 radical (unpaired) electrons. The van der Waals surface area contributed by atoms with Gasteiger partial charge in [0.25, 0.3) is 15.9 Å². The molecular formula is C24H22KN5O5S. The number of rotatable bonds is 9. The van der Waals surface area contributed by atoms with Crippen molar-refractivity contribution < 1.29 is 75.4 Å². The molecule has 0 atom stereocenters. The van der Waals surface area contributed by atoms with Gasteiger partial charge in [-0.2, -0.15) is 4.98 Å². The van der Waals surface area contributed by atoms with E-state index in [1.165, 1.54) is 32.7 Å². The Morgan fingerprint density at radius 3 is 2.17 bits per heavy atom. The standard InChI is InChI=1S/C24H21N5O5S.K.H/c1-32-18-11-6-7-12-19(18)34-20-21(29-35(30,31)16-13-17-9-4-3-5-10-17)27-23(28-24(20)33-2)22-25-14-8-15-26-22;;/h3-16H,1-2H3,(H,27,28,29);;/q;+1;-1/b16-13+;;. The average molecular weight is 532 g/mol. The van der Waals surface area contributed by atoms with Crippen molar-refractivity contribution in [2.45, 2.75) is 0 Å². The molecule has 0 amide bonds. The summed E-state index contributed by atoms with van der Waals surface area (Å²) in [4.78, 5) is 16.9. The molecule has 4 aromatic rings. The summed E-state index contributed by atoms with van der Waals surface area (Å²) in [7, 11) is -1.15. The Morgan fingerprint density at radius 2 is 1.50 bits per heavy atom. The van der Waals surface area contributed by atoms with Crippen LogP contribution in [0.1, 0.15) is 6.99 Å². The molecule has 0 bridgehead atoms. The SMILES string of the molecule is COc1ccccc1Oc1c(NS(=O)(=O)/C=C/c2ccccc2)nc(-c2ncccn2)nc1OC.[H-].[K+]. The third kappa shape index (κ3) is 7.09. The molecule has 2 heterocycles. The zero-order valence-electron chi connectivity index (χ0n) is 20.8. The monoisotopic (exact) mass is 531 g/mol. The molecular weight excluding hydrogens is 509 g/mol. The molecule has 2 aromatic heterocycles. The van der Waals surface area contributed by atoms with Crippen LogP contribution >= 0.6 is 0 Å². The van der Waals surface area contributed by atoms with Crippen molar-refractivity contribution in [3.8, 4) is 34.8 Å². The molecule has 36 heavy (non-hydrogen) atoms. The first-order chi connectivity index (χ1) is 17.0. The third-order valence-corrected chi connectivity index (χ3v) is 5.53. The van der Waals surface area contributed by atoms with Gasteiger partial charge in [0.05, 0.1) is 19.6 Å². The van der Waals surface area contributed by atoms with Gasteiger partial charge in [0.2, 0.25) is 11.6 Å². The van der Waals surface area contributed by atoms with Crippen molar-refractivity contribution >= 4 is 21.9 Å². The Labute approximate surface area is 252 Å². The fraction of sp³-hybridized carbons (Fsp3) is 0.0833. The summed E-state index contributed by atoms with van der Waals surface area (Å²) in [5.41, 5.74) is 0.710. The fourth-order valence-electron chi connectivity index (χ4n) is 2.96. The van der Waals surface area contributed by atoms with E-state index in [4.69, 9.17) is 14.2 Å². The van der Waals surface area contributed by atoms with Gasteiger partial charge in [-0.1, -0.05) is 42.5 Å². The molecule has 2 aromatic carbocycles. The van der Waals surface area contributed by atoms with Crippen molar-refractivity contribution in [1.82, 2.24) is 19.9 Å². The van der Waals surface area contributed by atoms with E-state index in [0.717, 1.165) is 5.41 Å². The van der Waals surface area contributed by atoms with Gasteiger partial charge in [-0.25, -0.2) is 23.4 Å². The number of hydrogen-bond acceptors (Lipinski definition) is 9. The number of sulfonamides is 1. The zero-order chi connectivity index (χ0) is 24.7. The second kappa shape index (κ2) is 12.9. The maximum atomic E-state index is 12.9. The summed E-state index contributed by atoms with van der Waals surface area (Å²) in [5, 5.41) is 1.03. The van der Waals surface area contributed by atoms with Gasteiger partial charge in [0.15, 0.2) is 23.1 Å². The number of nitrogens with one attached hydrogen (secondary N) is 1. The Bertz CT molecular complexity index is 1440. The van der Waals surface area contributed by atoms with E-state index >= 15 is 0 Å². The molecule has 180 valence electrons. The van der Waals surface area contributed by atoms with E-state index < -0.39 is 10.0 Å². The quantitative estimate of drug-likeness (QED) is 0.318. The topological polar surface area (TPSA) is 125 Å². The summed E-state index contributed by atoms with van der Waals surface area (Å²) in [6, 6.07) is 17.5. The van der Waals surface area contributed by atoms with Crippen LogP contribution in [0.25, 0.3) is 17.7 Å². The summed E-state index contributed by atoms with van der Waals surface area (Å²) in [6.45, 7) is 0. The van der Waals surface area contributed by atoms with Crippen molar-refractivity contribution in [2.75, 3.05) is 18.9 Å². The van der Waals surface area contributed by atoms with Crippen LogP contribution in [0, 0.1) is 0 Å². The van der Waals surface area contributed by atoms with Crippen LogP contribution < -0.4 is 70.3 Å². The number of benzene rings is 2. The summed E-state index contributed by atoms with van der Waals surface area (Å²) in [6.07, 6.45) is 4.50. The van der Waals surface area contributed by atoms with E-state index in [2.05, 4.69) is 24.7 Å². The third-order valence-electron chi connectivity index (χ3n) is 4.55. The van der Waals surface area contributed by atoms with Gasteiger partial charge in [-0.05, 0) is 29.8 Å². The smallest absolute Gasteiger partial charge is 1.00 e. The Kier molecular flexibility index (Phi) is 9.93. The van der Waals surface area contributed by atoms with Crippen LogP contribution in [0.5, 0.6) is 23.1 Å². The zero-order valence-corrected chi connectivity index (χ0v) is 23.8. The van der Waals surface area contributed by atoms with Crippen LogP contribution in [0.2, 0.25) is 0 Å². The maximum Gasteiger partial charge on any atom is 1.00 e. The maximum absolute atomic E-state index is 12.9. The molecule has 12 heteroatoms. The Balaban J connectivity index is 0.00000241. The minimum atomic E-state index is -4.02. The number of methoxy groups -OCH3 is 2. The van der Waals surface area contributed by atoms with Gasteiger partial charge in [0, 0.05) is 12.4 Å². The number of anilines is 1. The number of nitrogens with zero attached hydrogens (tertiary/aromatic N) is 4. The van der Waals surface area contributed by atoms with Gasteiger partial charge in [-0.3, -0.25) is 4.72 Å². The molecule has 0 aliphatic rings. The first-order valence-corrected chi connectivity index (χ1v) is 11.8. The normalized spacial score (nSPS) is 10.9. The first-order valence-electron chi connectivity index (χ1n) is 10.3. The van der Waals surface area contributed by atoms with Gasteiger partial charge in [0.1, 0.15) is 0 Å². The van der Waals surface area contributed by atoms with E-state index in [1.54, 1.807) is 54.6 Å². The van der Waals surface area contributed by atoms with E-state index in [0.29, 0.717) is 17.1 Å². The fourth-order valence-corrected chi connectivity index (χ4v) is 3.77. The number of para-hydroxylation sites is 2. The molecule has 0 spiro atoms. The predicted molar refractivity (Wildman–Crippen MR) is 132 cm³/mol. The van der Waals surface area contributed by atoms with Crippen molar-refractivity contribution in [2.24, 2.45) is 0 Å². The summed E-state index contributed by atoms with van der Waals surface area (Å²) < 4.78 is 45.0. The molecule has 0 fully saturated rings. The molecule has 0 unspecified atom stereocenters. The summed E-state index contributed by atoms with van der Waals surface area (Å²) >= 11 is 0. The van der Waals surface area contributed by atoms with Gasteiger partial charge in [-0.15, -0.1) is 0 Å². The van der Waals surface area contributed by atoms with Gasteiger partial charge < -0.3 is 15.6 Å². The van der Waals surface area contributed by atoms with Crippen LogP contribution in [0.4, 0.5) is 5.82 Å². The summed E-state index contributed by atoms with van der Waals surface area (Å²) in [5.74, 6) is 0.688. The second-order valence-corrected chi connectivity index (χ2v) is 8.49. The van der Waals surface area contributed by atoms with Crippen molar-refractivity contribution in [3.05, 3.63) is 84.0 Å². The predicted octanol–water partition coefficient (Wildman–Crippen LogP) is 1.27. The van der Waals surface area contributed by atoms with Crippen LogP contribution in [-0.2, 0) is 10.0 Å². The minimum absolute atomic E-state index is 0. The van der Waals surface area contributed by atoms with Crippen molar-refractivity contribution in [3.63, 3.8) is 0 Å².